The van der Waals surface area contributed by atoms with Crippen LogP contribution in [0.5, 0.6) is 5.75 Å². The molecule has 5 aliphatic heterocycles. The molecule has 7 N–H and O–H groups in total. The lowest BCUT2D eigenvalue weighted by molar-refractivity contribution is -0.138. The molecule has 1 aromatic heterocycles. The molecule has 1 unspecified atom stereocenters. The maximum atomic E-state index is 14.1. The van der Waals surface area contributed by atoms with Gasteiger partial charge in [0.15, 0.2) is 23.2 Å². The number of methoxy groups -OCH3 is 1. The van der Waals surface area contributed by atoms with Crippen LogP contribution in [0.3, 0.4) is 0 Å². The lowest BCUT2D eigenvalue weighted by atomic mass is 9.89. The number of ether oxygens (including phenoxy) is 8. The summed E-state index contributed by atoms with van der Waals surface area (Å²) in [6.45, 7) is 9.02. The second-order valence-corrected chi connectivity index (χ2v) is 31.6. The van der Waals surface area contributed by atoms with Gasteiger partial charge in [0.25, 0.3) is 17.7 Å². The highest BCUT2D eigenvalue weighted by Crippen LogP contribution is 2.41. The number of fused-ring (bicyclic) bond motifs is 2. The van der Waals surface area contributed by atoms with Crippen LogP contribution in [0.1, 0.15) is 160 Å². The molecule has 10 rings (SSSR count). The van der Waals surface area contributed by atoms with Gasteiger partial charge in [0, 0.05) is 136 Å². The summed E-state index contributed by atoms with van der Waals surface area (Å²) in [5.41, 5.74) is 9.28. The number of anilines is 4. The third-order valence-electron chi connectivity index (χ3n) is 22.6. The fraction of sp³-hybridized carbons (Fsp3) is 0.563. The highest BCUT2D eigenvalue weighted by Gasteiger charge is 2.43. The largest absolute Gasteiger partial charge is 0.496 e. The van der Waals surface area contributed by atoms with Gasteiger partial charge in [-0.3, -0.25) is 72.7 Å². The molecule has 3 fully saturated rings. The second-order valence-electron chi connectivity index (χ2n) is 31.6. The first-order chi connectivity index (χ1) is 59.4. The number of hydrogen-bond donors (Lipinski definition) is 6. The molecular formula is C87H116N14O22. The lowest BCUT2D eigenvalue weighted by Crippen LogP contribution is -2.55. The number of hydrogen-bond acceptors (Lipinski definition) is 26. The standard InChI is InChI=1S/C87H116N14O22/c1-6-68-85(113)96(4)70-51-90-74(93-81(70)101(68)63-12-7-8-13-63)50-60-19-18-59(49-73(60)116-5)71(103)47-57-26-31-97(32-27-57)34-37-118-38-35-98(53-77(107)92-67-15-9-14-65-66(67)52-100(84(65)112)69-22-23-75(105)95-83(69)111)87(115)123-54-58-16-20-62(21-17-58)91-82(110)61(11-10-30-89-86(88)114)48-72(104)80(56(2)3)94-76(106)29-36-117-39-40-119-41-42-120-43-44-121-45-46-122-55-64(102)28-33-99-78(108)24-25-79(99)109/h9,14-21,24-25,49,51,56-57,61,63,68-69,80H,6-8,10-13,22-23,26-48,50,52-55H2,1-5H3,(H,91,110)(H,92,107)(H,94,106)(H3,88,89,114)(H,95,105,111)/t61-,68-,69?,80+/m1/s1. The predicted octanol–water partition coefficient (Wildman–Crippen LogP) is 5.38. The third kappa shape index (κ3) is 27.7. The van der Waals surface area contributed by atoms with Crippen LogP contribution in [0.4, 0.5) is 32.5 Å². The van der Waals surface area contributed by atoms with Crippen LogP contribution in [-0.2, 0) is 101 Å². The molecule has 36 heteroatoms. The molecule has 0 spiro atoms. The quantitative estimate of drug-likeness (QED) is 0.0183. The van der Waals surface area contributed by atoms with Gasteiger partial charge < -0.3 is 84.5 Å². The van der Waals surface area contributed by atoms with Crippen LogP contribution in [0.15, 0.2) is 79.0 Å². The fourth-order valence-electron chi connectivity index (χ4n) is 15.8. The van der Waals surface area contributed by atoms with E-state index in [-0.39, 0.29) is 203 Å². The number of amides is 12. The molecule has 1 saturated carbocycles. The van der Waals surface area contributed by atoms with E-state index in [0.29, 0.717) is 77.7 Å². The second kappa shape index (κ2) is 47.6. The number of carbonyl (C=O) groups excluding carboxylic acids is 14. The molecule has 6 heterocycles. The Morgan fingerprint density at radius 3 is 2.10 bits per heavy atom. The monoisotopic (exact) mass is 1710 g/mol. The van der Waals surface area contributed by atoms with Gasteiger partial charge in [-0.15, -0.1) is 0 Å². The summed E-state index contributed by atoms with van der Waals surface area (Å²) in [5, 5.41) is 13.3. The number of primary amides is 1. The van der Waals surface area contributed by atoms with Crippen LogP contribution in [0, 0.1) is 17.8 Å². The van der Waals surface area contributed by atoms with Crippen molar-refractivity contribution in [1.82, 2.24) is 45.5 Å². The number of Topliss-reactive ketones (excluding diaryl/α,β-unsaturated/α-hetero) is 3. The number of carbonyl (C=O) groups is 14. The number of nitrogens with zero attached hydrogens (tertiary/aromatic N) is 8. The Hall–Kier alpha value is -11.0. The minimum Gasteiger partial charge on any atom is -0.496 e. The lowest BCUT2D eigenvalue weighted by Gasteiger charge is -2.43. The van der Waals surface area contributed by atoms with Crippen LogP contribution in [0.25, 0.3) is 0 Å². The summed E-state index contributed by atoms with van der Waals surface area (Å²) >= 11 is 0. The average molecular weight is 1710 g/mol. The van der Waals surface area contributed by atoms with Crippen molar-refractivity contribution in [2.45, 2.75) is 161 Å². The number of rotatable bonds is 51. The first kappa shape index (κ1) is 94.2. The summed E-state index contributed by atoms with van der Waals surface area (Å²) in [5.74, 6) is -3.65. The Labute approximate surface area is 715 Å². The molecule has 0 bridgehead atoms. The Morgan fingerprint density at radius 2 is 1.43 bits per heavy atom. The van der Waals surface area contributed by atoms with E-state index in [1.807, 2.05) is 19.1 Å². The van der Waals surface area contributed by atoms with Gasteiger partial charge in [-0.05, 0) is 112 Å². The number of imide groups is 2. The van der Waals surface area contributed by atoms with Gasteiger partial charge in [0.2, 0.25) is 35.4 Å². The van der Waals surface area contributed by atoms with Gasteiger partial charge in [-0.1, -0.05) is 63.9 Å². The summed E-state index contributed by atoms with van der Waals surface area (Å²) in [6.07, 6.45) is 10.8. The SMILES string of the molecule is CC[C@@H]1C(=O)N(C)c2cnc(Cc3ccc(C(=O)CC4CCN(CCOCCN(CC(=O)Nc5cccc6c5CN(C5CCC(=O)NC5=O)C6=O)C(=O)OCc5ccc(NC(=O)[C@H](CCCNC(N)=O)CC(=O)[C@@H](NC(=O)CCOCCOCCOCCOCCOCC(=O)CCN6C(=O)C=CC6=O)C(C)C)cc5)CC4)cc3OC)nc2N1C1CCCC1. The topological polar surface area (TPSA) is 444 Å². The van der Waals surface area contributed by atoms with E-state index in [0.717, 1.165) is 80.0 Å². The highest BCUT2D eigenvalue weighted by molar-refractivity contribution is 6.13. The summed E-state index contributed by atoms with van der Waals surface area (Å²) in [7, 11) is 3.36. The number of likely N-dealkylation sites (tertiary alicyclic amines) is 1. The summed E-state index contributed by atoms with van der Waals surface area (Å²) in [6, 6.07) is 14.1. The van der Waals surface area contributed by atoms with Crippen molar-refractivity contribution in [3.63, 3.8) is 0 Å². The number of nitrogens with two attached hydrogens (primary N) is 1. The third-order valence-corrected chi connectivity index (χ3v) is 22.6. The van der Waals surface area contributed by atoms with Crippen LogP contribution in [0.2, 0.25) is 0 Å². The maximum Gasteiger partial charge on any atom is 0.410 e. The number of benzene rings is 3. The predicted molar refractivity (Wildman–Crippen MR) is 448 cm³/mol. The fourth-order valence-corrected chi connectivity index (χ4v) is 15.8. The zero-order chi connectivity index (χ0) is 87.9. The van der Waals surface area contributed by atoms with Crippen molar-refractivity contribution >= 4 is 106 Å². The molecule has 666 valence electrons. The molecule has 12 amide bonds. The number of ketones is 3. The minimum absolute atomic E-state index is 0.000883. The normalized spacial score (nSPS) is 17.3. The average Bonchev–Trinajstić information content (AvgIpc) is 1.75. The van der Waals surface area contributed by atoms with Gasteiger partial charge in [-0.2, -0.15) is 0 Å². The van der Waals surface area contributed by atoms with Crippen molar-refractivity contribution in [2.75, 3.05) is 160 Å². The Kier molecular flexibility index (Phi) is 36.4. The van der Waals surface area contributed by atoms with E-state index in [4.69, 9.17) is 53.6 Å². The zero-order valence-corrected chi connectivity index (χ0v) is 70.8. The van der Waals surface area contributed by atoms with E-state index >= 15 is 0 Å². The molecule has 6 aliphatic rings. The van der Waals surface area contributed by atoms with Crippen molar-refractivity contribution in [3.05, 3.63) is 113 Å². The minimum atomic E-state index is -0.947. The van der Waals surface area contributed by atoms with E-state index in [2.05, 4.69) is 36.4 Å². The molecule has 4 atom stereocenters. The summed E-state index contributed by atoms with van der Waals surface area (Å²) in [4.78, 5) is 202. The molecular weight excluding hydrogens is 1590 g/mol. The molecule has 1 aliphatic carbocycles. The molecule has 123 heavy (non-hydrogen) atoms. The van der Waals surface area contributed by atoms with E-state index < -0.39 is 83.9 Å². The molecule has 4 aromatic rings. The number of urea groups is 1. The smallest absolute Gasteiger partial charge is 0.410 e. The molecule has 3 aromatic carbocycles. The molecule has 0 radical (unpaired) electrons. The zero-order valence-electron chi connectivity index (χ0n) is 70.8. The van der Waals surface area contributed by atoms with Crippen molar-refractivity contribution < 1.29 is 105 Å². The summed E-state index contributed by atoms with van der Waals surface area (Å²) < 4.78 is 45.2. The first-order valence-electron chi connectivity index (χ1n) is 42.5. The molecule has 2 saturated heterocycles. The Morgan fingerprint density at radius 1 is 0.748 bits per heavy atom. The number of likely N-dealkylation sites (N-methyl/N-ethyl adjacent to an activating group) is 1. The Balaban J connectivity index is 0.659. The number of nitrogens with one attached hydrogen (secondary N) is 5. The van der Waals surface area contributed by atoms with Crippen molar-refractivity contribution in [2.24, 2.45) is 23.5 Å². The number of piperidine rings is 2. The van der Waals surface area contributed by atoms with Gasteiger partial charge >= 0.3 is 12.1 Å². The van der Waals surface area contributed by atoms with Crippen LogP contribution in [-0.4, -0.2) is 276 Å². The van der Waals surface area contributed by atoms with Crippen molar-refractivity contribution in [1.29, 1.82) is 0 Å². The van der Waals surface area contributed by atoms with Gasteiger partial charge in [0.1, 0.15) is 49.1 Å². The van der Waals surface area contributed by atoms with Crippen molar-refractivity contribution in [3.8, 4) is 5.75 Å². The van der Waals surface area contributed by atoms with E-state index in [9.17, 15) is 67.1 Å². The maximum absolute atomic E-state index is 14.1. The van der Waals surface area contributed by atoms with E-state index in [1.54, 1.807) is 87.6 Å². The Bertz CT molecular complexity index is 4400. The van der Waals surface area contributed by atoms with Crippen LogP contribution < -0.4 is 46.9 Å². The van der Waals surface area contributed by atoms with Crippen LogP contribution >= 0.6 is 0 Å². The van der Waals surface area contributed by atoms with Gasteiger partial charge in [-0.25, -0.2) is 19.6 Å². The highest BCUT2D eigenvalue weighted by atomic mass is 16.6. The van der Waals surface area contributed by atoms with E-state index in [1.165, 1.54) is 9.80 Å². The first-order valence-corrected chi connectivity index (χ1v) is 42.5. The number of aromatic nitrogens is 2. The molecule has 36 nitrogen and oxygen atoms in total. The van der Waals surface area contributed by atoms with Gasteiger partial charge in [0.05, 0.1) is 92.0 Å².